The fraction of sp³-hybridized carbons (Fsp3) is 0.238. The van der Waals surface area contributed by atoms with E-state index in [1.54, 1.807) is 20.3 Å². The van der Waals surface area contributed by atoms with Crippen molar-refractivity contribution in [2.75, 3.05) is 27.4 Å². The summed E-state index contributed by atoms with van der Waals surface area (Å²) in [5.41, 5.74) is 1.84. The van der Waals surface area contributed by atoms with Crippen LogP contribution in [0.15, 0.2) is 53.0 Å². The Labute approximate surface area is 172 Å². The Bertz CT molecular complexity index is 850. The summed E-state index contributed by atoms with van der Waals surface area (Å²) in [6.45, 7) is 0.0906. The average Bonchev–Trinajstić information content (AvgIpc) is 2.70. The molecule has 2 aromatic carbocycles. The van der Waals surface area contributed by atoms with Gasteiger partial charge in [-0.25, -0.2) is 4.79 Å². The highest BCUT2D eigenvalue weighted by Gasteiger charge is 2.07. The molecule has 0 atom stereocenters. The Balaban J connectivity index is 1.72. The largest absolute Gasteiger partial charge is 0.493 e. The summed E-state index contributed by atoms with van der Waals surface area (Å²) in [4.78, 5) is 23.5. The normalized spacial score (nSPS) is 10.5. The van der Waals surface area contributed by atoms with Crippen LogP contribution in [-0.2, 0) is 20.7 Å². The van der Waals surface area contributed by atoms with Gasteiger partial charge in [-0.15, -0.1) is 0 Å². The highest BCUT2D eigenvalue weighted by molar-refractivity contribution is 9.10. The molecule has 148 valence electrons. The minimum absolute atomic E-state index is 0.326. The van der Waals surface area contributed by atoms with Crippen LogP contribution in [0.25, 0.3) is 6.08 Å². The third-order valence-electron chi connectivity index (χ3n) is 3.79. The Morgan fingerprint density at radius 2 is 1.86 bits per heavy atom. The molecule has 0 aliphatic rings. The van der Waals surface area contributed by atoms with E-state index in [9.17, 15) is 9.59 Å². The van der Waals surface area contributed by atoms with Crippen LogP contribution in [0.2, 0.25) is 0 Å². The van der Waals surface area contributed by atoms with E-state index in [4.69, 9.17) is 14.2 Å². The smallest absolute Gasteiger partial charge is 0.331 e. The number of rotatable bonds is 9. The molecule has 7 heteroatoms. The van der Waals surface area contributed by atoms with Gasteiger partial charge in [0.05, 0.1) is 14.2 Å². The molecule has 0 saturated heterocycles. The molecule has 0 aliphatic carbocycles. The number of methoxy groups -OCH3 is 2. The number of ether oxygens (including phenoxy) is 3. The van der Waals surface area contributed by atoms with Crippen LogP contribution >= 0.6 is 15.9 Å². The van der Waals surface area contributed by atoms with Gasteiger partial charge in [-0.05, 0) is 47.9 Å². The molecule has 0 bridgehead atoms. The summed E-state index contributed by atoms with van der Waals surface area (Å²) >= 11 is 3.36. The highest BCUT2D eigenvalue weighted by Crippen LogP contribution is 2.27. The van der Waals surface area contributed by atoms with E-state index in [1.165, 1.54) is 6.08 Å². The molecular formula is C21H22BrNO5. The Morgan fingerprint density at radius 3 is 2.57 bits per heavy atom. The number of carbonyl (C=O) groups excluding carboxylic acids is 2. The molecule has 0 aromatic heterocycles. The number of amides is 1. The quantitative estimate of drug-likeness (QED) is 0.471. The summed E-state index contributed by atoms with van der Waals surface area (Å²) in [6, 6.07) is 13.1. The fourth-order valence-electron chi connectivity index (χ4n) is 2.39. The van der Waals surface area contributed by atoms with E-state index in [0.717, 1.165) is 15.6 Å². The van der Waals surface area contributed by atoms with Crippen LogP contribution in [0.3, 0.4) is 0 Å². The first-order valence-electron chi connectivity index (χ1n) is 8.60. The monoisotopic (exact) mass is 447 g/mol. The fourth-order valence-corrected chi connectivity index (χ4v) is 2.81. The number of carbonyl (C=O) groups is 2. The minimum atomic E-state index is -0.574. The second-order valence-electron chi connectivity index (χ2n) is 5.79. The molecule has 6 nitrogen and oxygen atoms in total. The lowest BCUT2D eigenvalue weighted by Crippen LogP contribution is -2.30. The van der Waals surface area contributed by atoms with Crippen molar-refractivity contribution in [3.05, 3.63) is 64.1 Å². The second-order valence-corrected chi connectivity index (χ2v) is 6.70. The topological polar surface area (TPSA) is 73.9 Å². The third-order valence-corrected chi connectivity index (χ3v) is 4.28. The van der Waals surface area contributed by atoms with Crippen molar-refractivity contribution in [2.24, 2.45) is 0 Å². The molecule has 0 fully saturated rings. The van der Waals surface area contributed by atoms with Crippen LogP contribution in [0.1, 0.15) is 11.1 Å². The molecule has 28 heavy (non-hydrogen) atoms. The predicted octanol–water partition coefficient (Wildman–Crippen LogP) is 3.38. The van der Waals surface area contributed by atoms with Crippen LogP contribution in [0.4, 0.5) is 0 Å². The number of hydrogen-bond acceptors (Lipinski definition) is 5. The lowest BCUT2D eigenvalue weighted by atomic mass is 10.1. The number of hydrogen-bond donors (Lipinski definition) is 1. The summed E-state index contributed by atoms with van der Waals surface area (Å²) < 4.78 is 16.3. The second kappa shape index (κ2) is 11.1. The highest BCUT2D eigenvalue weighted by atomic mass is 79.9. The standard InChI is InChI=1S/C21H22BrNO5/c1-26-18-8-6-16(13-19(18)27-2)10-11-23-20(24)14-28-21(25)9-7-15-4-3-5-17(22)12-15/h3-9,12-13H,10-11,14H2,1-2H3,(H,23,24)/b9-7+. The van der Waals surface area contributed by atoms with Crippen LogP contribution in [0, 0.1) is 0 Å². The molecule has 2 rings (SSSR count). The van der Waals surface area contributed by atoms with Crippen molar-refractivity contribution in [3.63, 3.8) is 0 Å². The van der Waals surface area contributed by atoms with Gasteiger partial charge in [0, 0.05) is 17.1 Å². The van der Waals surface area contributed by atoms with Gasteiger partial charge >= 0.3 is 5.97 Å². The number of halogens is 1. The van der Waals surface area contributed by atoms with Crippen LogP contribution in [0.5, 0.6) is 11.5 Å². The van der Waals surface area contributed by atoms with Gasteiger partial charge in [0.15, 0.2) is 18.1 Å². The molecule has 0 radical (unpaired) electrons. The Hall–Kier alpha value is -2.80. The lowest BCUT2D eigenvalue weighted by molar-refractivity contribution is -0.143. The Morgan fingerprint density at radius 1 is 1.07 bits per heavy atom. The van der Waals surface area contributed by atoms with E-state index in [1.807, 2.05) is 42.5 Å². The predicted molar refractivity (Wildman–Crippen MR) is 110 cm³/mol. The molecule has 2 aromatic rings. The zero-order chi connectivity index (χ0) is 20.4. The van der Waals surface area contributed by atoms with Crippen molar-refractivity contribution in [3.8, 4) is 11.5 Å². The molecule has 1 N–H and O–H groups in total. The van der Waals surface area contributed by atoms with E-state index < -0.39 is 5.97 Å². The first-order chi connectivity index (χ1) is 13.5. The average molecular weight is 448 g/mol. The summed E-state index contributed by atoms with van der Waals surface area (Å²) in [5.74, 6) is 0.357. The minimum Gasteiger partial charge on any atom is -0.493 e. The van der Waals surface area contributed by atoms with Crippen molar-refractivity contribution < 1.29 is 23.8 Å². The van der Waals surface area contributed by atoms with Gasteiger partial charge in [0.1, 0.15) is 0 Å². The molecule has 0 saturated carbocycles. The molecule has 0 heterocycles. The first-order valence-corrected chi connectivity index (χ1v) is 9.39. The van der Waals surface area contributed by atoms with Gasteiger partial charge in [-0.3, -0.25) is 4.79 Å². The van der Waals surface area contributed by atoms with Gasteiger partial charge in [0.25, 0.3) is 5.91 Å². The third kappa shape index (κ3) is 7.08. The maximum absolute atomic E-state index is 11.8. The van der Waals surface area contributed by atoms with Crippen molar-refractivity contribution in [1.82, 2.24) is 5.32 Å². The Kier molecular flexibility index (Phi) is 8.55. The van der Waals surface area contributed by atoms with E-state index >= 15 is 0 Å². The van der Waals surface area contributed by atoms with Crippen LogP contribution < -0.4 is 14.8 Å². The zero-order valence-corrected chi connectivity index (χ0v) is 17.3. The molecule has 0 aliphatic heterocycles. The van der Waals surface area contributed by atoms with Gasteiger partial charge in [-0.1, -0.05) is 34.1 Å². The maximum atomic E-state index is 11.8. The summed E-state index contributed by atoms with van der Waals surface area (Å²) in [7, 11) is 3.15. The van der Waals surface area contributed by atoms with Crippen molar-refractivity contribution >= 4 is 33.9 Å². The van der Waals surface area contributed by atoms with E-state index in [2.05, 4.69) is 21.2 Å². The first kappa shape index (κ1) is 21.5. The van der Waals surface area contributed by atoms with Gasteiger partial charge in [-0.2, -0.15) is 0 Å². The van der Waals surface area contributed by atoms with Crippen LogP contribution in [-0.4, -0.2) is 39.2 Å². The summed E-state index contributed by atoms with van der Waals surface area (Å²) in [5, 5.41) is 2.72. The molecule has 0 unspecified atom stereocenters. The maximum Gasteiger partial charge on any atom is 0.331 e. The number of esters is 1. The van der Waals surface area contributed by atoms with Crippen molar-refractivity contribution in [2.45, 2.75) is 6.42 Å². The zero-order valence-electron chi connectivity index (χ0n) is 15.7. The summed E-state index contributed by atoms with van der Waals surface area (Å²) in [6.07, 6.45) is 3.53. The van der Waals surface area contributed by atoms with E-state index in [-0.39, 0.29) is 12.5 Å². The van der Waals surface area contributed by atoms with E-state index in [0.29, 0.717) is 24.5 Å². The molecule has 0 spiro atoms. The molecule has 1 amide bonds. The van der Waals surface area contributed by atoms with Gasteiger partial charge < -0.3 is 19.5 Å². The molecular weight excluding hydrogens is 426 g/mol. The van der Waals surface area contributed by atoms with Crippen molar-refractivity contribution in [1.29, 1.82) is 0 Å². The van der Waals surface area contributed by atoms with Gasteiger partial charge in [0.2, 0.25) is 0 Å². The number of nitrogens with one attached hydrogen (secondary N) is 1. The number of benzene rings is 2. The lowest BCUT2D eigenvalue weighted by Gasteiger charge is -2.10. The SMILES string of the molecule is COc1ccc(CCNC(=O)COC(=O)/C=C/c2cccc(Br)c2)cc1OC.